The van der Waals surface area contributed by atoms with Gasteiger partial charge in [0.15, 0.2) is 16.6 Å². The van der Waals surface area contributed by atoms with Gasteiger partial charge in [-0.25, -0.2) is 0 Å². The zero-order valence-corrected chi connectivity index (χ0v) is 22.6. The van der Waals surface area contributed by atoms with Gasteiger partial charge in [0.1, 0.15) is 0 Å². The largest absolute Gasteiger partial charge is 0.433 e. The van der Waals surface area contributed by atoms with Crippen LogP contribution in [0.4, 0.5) is 0 Å². The van der Waals surface area contributed by atoms with E-state index in [1.165, 1.54) is 6.04 Å². The van der Waals surface area contributed by atoms with Crippen LogP contribution in [-0.2, 0) is 8.23 Å². The molecule has 0 amide bonds. The van der Waals surface area contributed by atoms with E-state index in [-0.39, 0.29) is 14.9 Å². The van der Waals surface area contributed by atoms with Crippen LogP contribution < -0.4 is 0 Å². The summed E-state index contributed by atoms with van der Waals surface area (Å²) in [5.74, 6) is 0. The average molecular weight is 437 g/mol. The van der Waals surface area contributed by atoms with E-state index in [1.807, 2.05) is 0 Å². The van der Waals surface area contributed by atoms with Gasteiger partial charge in [-0.05, 0) is 45.3 Å². The summed E-state index contributed by atoms with van der Waals surface area (Å²) in [5.41, 5.74) is 7.18. The Hall–Kier alpha value is 0.484. The van der Waals surface area contributed by atoms with E-state index in [9.17, 15) is 0 Å². The molecule has 0 N–H and O–H groups in total. The van der Waals surface area contributed by atoms with Gasteiger partial charge < -0.3 is 8.23 Å². The molecule has 0 aromatic rings. The van der Waals surface area contributed by atoms with Crippen molar-refractivity contribution in [3.8, 4) is 0 Å². The van der Waals surface area contributed by atoms with Crippen molar-refractivity contribution in [2.24, 2.45) is 0 Å². The van der Waals surface area contributed by atoms with Gasteiger partial charge in [0.05, 0.1) is 8.07 Å². The first kappa shape index (κ1) is 30.2. The lowest BCUT2D eigenvalue weighted by Gasteiger charge is -2.36. The molecular formula is C18H48O2Si5. The summed E-state index contributed by atoms with van der Waals surface area (Å²) in [7, 11) is -7.36. The van der Waals surface area contributed by atoms with Crippen LogP contribution in [0.3, 0.4) is 0 Å². The van der Waals surface area contributed by atoms with Crippen LogP contribution in [0, 0.1) is 0 Å². The van der Waals surface area contributed by atoms with E-state index in [4.69, 9.17) is 8.23 Å². The van der Waals surface area contributed by atoms with Gasteiger partial charge in [-0.1, -0.05) is 65.1 Å². The minimum atomic E-state index is -2.10. The third-order valence-electron chi connectivity index (χ3n) is 3.13. The molecule has 0 saturated heterocycles. The third-order valence-corrected chi connectivity index (χ3v) is 16.0. The van der Waals surface area contributed by atoms with Crippen molar-refractivity contribution in [1.82, 2.24) is 0 Å². The minimum Gasteiger partial charge on any atom is -0.433 e. The second-order valence-electron chi connectivity index (χ2n) is 9.54. The molecule has 0 radical (unpaired) electrons. The lowest BCUT2D eigenvalue weighted by molar-refractivity contribution is 0.400. The minimum absolute atomic E-state index is 0. The van der Waals surface area contributed by atoms with E-state index in [1.54, 1.807) is 0 Å². The molecule has 0 rings (SSSR count). The first-order chi connectivity index (χ1) is 10.0. The van der Waals surface area contributed by atoms with Gasteiger partial charge in [-0.3, -0.25) is 0 Å². The number of allylic oxidation sites excluding steroid dienone is 1. The molecule has 0 aliphatic carbocycles. The van der Waals surface area contributed by atoms with E-state index >= 15 is 0 Å². The number of rotatable bonds is 9. The predicted molar refractivity (Wildman–Crippen MR) is 133 cm³/mol. The lowest BCUT2D eigenvalue weighted by atomic mass is 10.8. The highest BCUT2D eigenvalue weighted by Gasteiger charge is 2.37. The maximum absolute atomic E-state index is 6.58. The first-order valence-corrected chi connectivity index (χ1v) is 24.3. The van der Waals surface area contributed by atoms with Crippen LogP contribution >= 0.6 is 0 Å². The van der Waals surface area contributed by atoms with Crippen molar-refractivity contribution < 1.29 is 8.23 Å². The van der Waals surface area contributed by atoms with E-state index in [0.717, 1.165) is 0 Å². The predicted octanol–water partition coefficient (Wildman–Crippen LogP) is 6.96. The SMILES string of the molecule is C.C.C[SiH](C)CC=C[Si](C)(C)O[Si](C)(C)O[Si](C)(C)C=C[Si](C)(C)C. The van der Waals surface area contributed by atoms with Crippen LogP contribution in [0.5, 0.6) is 0 Å². The lowest BCUT2D eigenvalue weighted by Crippen LogP contribution is -2.51. The monoisotopic (exact) mass is 436 g/mol. The topological polar surface area (TPSA) is 18.5 Å². The van der Waals surface area contributed by atoms with Crippen molar-refractivity contribution in [1.29, 1.82) is 0 Å². The summed E-state index contributed by atoms with van der Waals surface area (Å²) in [6, 6.07) is 1.27. The van der Waals surface area contributed by atoms with E-state index in [2.05, 4.69) is 95.2 Å². The Morgan fingerprint density at radius 3 is 1.44 bits per heavy atom. The fraction of sp³-hybridized carbons (Fsp3) is 0.778. The summed E-state index contributed by atoms with van der Waals surface area (Å²) in [6.45, 7) is 25.5. The molecule has 7 heteroatoms. The first-order valence-electron chi connectivity index (χ1n) is 8.82. The second-order valence-corrected chi connectivity index (χ2v) is 29.4. The van der Waals surface area contributed by atoms with Crippen LogP contribution in [0.2, 0.25) is 78.1 Å². The van der Waals surface area contributed by atoms with Gasteiger partial charge in [-0.15, -0.1) is 5.70 Å². The highest BCUT2D eigenvalue weighted by atomic mass is 28.5. The molecule has 0 aliphatic rings. The van der Waals surface area contributed by atoms with Gasteiger partial charge in [0.2, 0.25) is 0 Å². The van der Waals surface area contributed by atoms with Gasteiger partial charge in [-0.2, -0.15) is 0 Å². The fourth-order valence-corrected chi connectivity index (χ4v) is 18.9. The zero-order valence-electron chi connectivity index (χ0n) is 17.4. The van der Waals surface area contributed by atoms with Crippen molar-refractivity contribution in [2.75, 3.05) is 0 Å². The third kappa shape index (κ3) is 17.6. The Balaban J connectivity index is -0.00000242. The molecule has 25 heavy (non-hydrogen) atoms. The van der Waals surface area contributed by atoms with Crippen LogP contribution in [-0.4, -0.2) is 42.1 Å². The number of hydrogen-bond acceptors (Lipinski definition) is 2. The maximum atomic E-state index is 6.58. The van der Waals surface area contributed by atoms with Crippen molar-refractivity contribution >= 4 is 42.1 Å². The average Bonchev–Trinajstić information content (AvgIpc) is 2.21. The van der Waals surface area contributed by atoms with Crippen LogP contribution in [0.15, 0.2) is 23.2 Å². The van der Waals surface area contributed by atoms with Crippen LogP contribution in [0.1, 0.15) is 14.9 Å². The van der Waals surface area contributed by atoms with Crippen molar-refractivity contribution in [2.45, 2.75) is 92.9 Å². The summed E-state index contributed by atoms with van der Waals surface area (Å²) in [5, 5.41) is 0. The Bertz CT molecular complexity index is 422. The quantitative estimate of drug-likeness (QED) is 0.364. The highest BCUT2D eigenvalue weighted by molar-refractivity contribution is 6.91. The van der Waals surface area contributed by atoms with Crippen molar-refractivity contribution in [3.05, 3.63) is 23.2 Å². The molecular weight excluding hydrogens is 389 g/mol. The highest BCUT2D eigenvalue weighted by Crippen LogP contribution is 2.22. The second kappa shape index (κ2) is 11.4. The number of hydrogen-bond donors (Lipinski definition) is 0. The molecule has 0 atom stereocenters. The molecule has 0 aromatic carbocycles. The molecule has 0 heterocycles. The molecule has 2 nitrogen and oxygen atoms in total. The normalized spacial score (nSPS) is 14.1. The molecule has 152 valence electrons. The Labute approximate surface area is 166 Å². The Kier molecular flexibility index (Phi) is 13.7. The molecule has 0 saturated carbocycles. The molecule has 0 fully saturated rings. The zero-order chi connectivity index (χ0) is 18.5. The van der Waals surface area contributed by atoms with E-state index < -0.39 is 42.1 Å². The standard InChI is InChI=1S/C16H40O2Si5.2CH4/c1-19(2)13-12-14-21(6,7)17-23(10,11)18-22(8,9)16-15-20(3,4)5;;/h12,14-16,19H,13H2,1-11H3;2*1H4. The maximum Gasteiger partial charge on any atom is 0.311 e. The Morgan fingerprint density at radius 2 is 1.08 bits per heavy atom. The van der Waals surface area contributed by atoms with Crippen LogP contribution in [0.25, 0.3) is 0 Å². The summed E-state index contributed by atoms with van der Waals surface area (Å²) < 4.78 is 13.2. The smallest absolute Gasteiger partial charge is 0.311 e. The van der Waals surface area contributed by atoms with Gasteiger partial charge in [0.25, 0.3) is 0 Å². The summed E-state index contributed by atoms with van der Waals surface area (Å²) >= 11 is 0. The van der Waals surface area contributed by atoms with E-state index in [0.29, 0.717) is 0 Å². The molecule has 0 unspecified atom stereocenters. The molecule has 0 bridgehead atoms. The summed E-state index contributed by atoms with van der Waals surface area (Å²) in [6.07, 6.45) is 2.36. The van der Waals surface area contributed by atoms with Crippen molar-refractivity contribution in [3.63, 3.8) is 0 Å². The Morgan fingerprint density at radius 1 is 0.680 bits per heavy atom. The summed E-state index contributed by atoms with van der Waals surface area (Å²) in [4.78, 5) is 0. The van der Waals surface area contributed by atoms with Gasteiger partial charge in [0, 0.05) is 8.80 Å². The molecule has 0 aliphatic heterocycles. The molecule has 0 spiro atoms. The fourth-order valence-electron chi connectivity index (χ4n) is 2.43. The molecule has 0 aromatic heterocycles. The van der Waals surface area contributed by atoms with Gasteiger partial charge >= 0.3 is 8.56 Å².